The van der Waals surface area contributed by atoms with Gasteiger partial charge in [0, 0.05) is 11.8 Å². The highest BCUT2D eigenvalue weighted by Crippen LogP contribution is 2.27. The van der Waals surface area contributed by atoms with Crippen LogP contribution < -0.4 is 5.32 Å². The summed E-state index contributed by atoms with van der Waals surface area (Å²) in [6.07, 6.45) is 0.924. The van der Waals surface area contributed by atoms with Crippen molar-refractivity contribution in [1.82, 2.24) is 5.32 Å². The molecule has 1 aromatic rings. The molecular weight excluding hydrogens is 285 g/mol. The lowest BCUT2D eigenvalue weighted by Crippen LogP contribution is -2.33. The molecule has 1 rings (SSSR count). The van der Waals surface area contributed by atoms with E-state index in [0.29, 0.717) is 21.3 Å². The summed E-state index contributed by atoms with van der Waals surface area (Å²) in [5, 5.41) is 5.50. The van der Waals surface area contributed by atoms with Crippen molar-refractivity contribution in [2.24, 2.45) is 0 Å². The monoisotopic (exact) mass is 305 g/mol. The van der Waals surface area contributed by atoms with Crippen molar-refractivity contribution in [1.29, 1.82) is 0 Å². The Morgan fingerprint density at radius 1 is 1.28 bits per heavy atom. The van der Waals surface area contributed by atoms with Crippen molar-refractivity contribution in [3.63, 3.8) is 0 Å². The normalized spacial score (nSPS) is 13.0. The smallest absolute Gasteiger partial charge is 0.0624 e. The van der Waals surface area contributed by atoms with E-state index < -0.39 is 0 Å². The van der Waals surface area contributed by atoms with Crippen molar-refractivity contribution in [2.75, 3.05) is 12.3 Å². The van der Waals surface area contributed by atoms with Gasteiger partial charge in [-0.3, -0.25) is 0 Å². The summed E-state index contributed by atoms with van der Waals surface area (Å²) < 4.78 is 0. The lowest BCUT2D eigenvalue weighted by molar-refractivity contribution is 0.572. The second-order valence-corrected chi connectivity index (χ2v) is 6.95. The largest absolute Gasteiger partial charge is 0.313 e. The number of thioether (sulfide) groups is 1. The summed E-state index contributed by atoms with van der Waals surface area (Å²) in [6, 6.07) is 6.29. The van der Waals surface area contributed by atoms with E-state index in [1.807, 2.05) is 23.9 Å². The minimum Gasteiger partial charge on any atom is -0.313 e. The zero-order valence-electron chi connectivity index (χ0n) is 11.2. The molecule has 0 aliphatic rings. The van der Waals surface area contributed by atoms with Gasteiger partial charge in [-0.25, -0.2) is 0 Å². The summed E-state index contributed by atoms with van der Waals surface area (Å²) in [4.78, 5) is 0. The molecule has 0 aliphatic heterocycles. The third-order valence-corrected chi connectivity index (χ3v) is 4.74. The second kappa shape index (κ2) is 8.31. The third kappa shape index (κ3) is 5.40. The Kier molecular flexibility index (Phi) is 7.47. The quantitative estimate of drug-likeness (QED) is 0.786. The SMILES string of the molecule is CCNC(CSC(C)C)Cc1cccc(Cl)c1Cl. The molecule has 0 aliphatic carbocycles. The molecule has 18 heavy (non-hydrogen) atoms. The topological polar surface area (TPSA) is 12.0 Å². The van der Waals surface area contributed by atoms with Crippen molar-refractivity contribution in [3.8, 4) is 0 Å². The van der Waals surface area contributed by atoms with Crippen molar-refractivity contribution in [3.05, 3.63) is 33.8 Å². The Hall–Kier alpha value is 0.110. The molecule has 0 amide bonds. The number of benzene rings is 1. The zero-order valence-corrected chi connectivity index (χ0v) is 13.5. The van der Waals surface area contributed by atoms with Gasteiger partial charge < -0.3 is 5.32 Å². The van der Waals surface area contributed by atoms with Crippen LogP contribution in [0.25, 0.3) is 0 Å². The Balaban J connectivity index is 2.67. The van der Waals surface area contributed by atoms with E-state index >= 15 is 0 Å². The fourth-order valence-corrected chi connectivity index (χ4v) is 3.01. The number of likely N-dealkylation sites (N-methyl/N-ethyl adjacent to an activating group) is 1. The fraction of sp³-hybridized carbons (Fsp3) is 0.571. The van der Waals surface area contributed by atoms with Crippen LogP contribution >= 0.6 is 35.0 Å². The summed E-state index contributed by atoms with van der Waals surface area (Å²) in [7, 11) is 0. The molecule has 0 radical (unpaired) electrons. The highest BCUT2D eigenvalue weighted by molar-refractivity contribution is 7.99. The molecule has 0 heterocycles. The minimum absolute atomic E-state index is 0.443. The third-order valence-electron chi connectivity index (χ3n) is 2.62. The van der Waals surface area contributed by atoms with E-state index in [1.165, 1.54) is 0 Å². The van der Waals surface area contributed by atoms with Crippen molar-refractivity contribution >= 4 is 35.0 Å². The molecule has 1 atom stereocenters. The van der Waals surface area contributed by atoms with E-state index in [4.69, 9.17) is 23.2 Å². The van der Waals surface area contributed by atoms with Gasteiger partial charge in [0.05, 0.1) is 10.0 Å². The van der Waals surface area contributed by atoms with Gasteiger partial charge in [-0.1, -0.05) is 56.1 Å². The summed E-state index contributed by atoms with van der Waals surface area (Å²) in [5.74, 6) is 1.09. The number of hydrogen-bond acceptors (Lipinski definition) is 2. The Morgan fingerprint density at radius 3 is 2.61 bits per heavy atom. The predicted octanol–water partition coefficient (Wildman–Crippen LogP) is 4.66. The molecule has 4 heteroatoms. The lowest BCUT2D eigenvalue weighted by Gasteiger charge is -2.19. The van der Waals surface area contributed by atoms with E-state index in [2.05, 4.69) is 32.2 Å². The van der Waals surface area contributed by atoms with Gasteiger partial charge in [0.25, 0.3) is 0 Å². The summed E-state index contributed by atoms with van der Waals surface area (Å²) >= 11 is 14.2. The van der Waals surface area contributed by atoms with E-state index in [0.717, 1.165) is 24.3 Å². The summed E-state index contributed by atoms with van der Waals surface area (Å²) in [5.41, 5.74) is 1.12. The summed E-state index contributed by atoms with van der Waals surface area (Å²) in [6.45, 7) is 7.55. The second-order valence-electron chi connectivity index (χ2n) is 4.55. The first-order valence-electron chi connectivity index (χ1n) is 6.32. The van der Waals surface area contributed by atoms with Crippen LogP contribution in [0.5, 0.6) is 0 Å². The Morgan fingerprint density at radius 2 is 2.00 bits per heavy atom. The van der Waals surface area contributed by atoms with Crippen LogP contribution in [0.4, 0.5) is 0 Å². The van der Waals surface area contributed by atoms with Crippen LogP contribution in [0.15, 0.2) is 18.2 Å². The molecule has 0 saturated heterocycles. The van der Waals surface area contributed by atoms with Gasteiger partial charge in [0.1, 0.15) is 0 Å². The predicted molar refractivity (Wildman–Crippen MR) is 85.2 cm³/mol. The Labute approximate surface area is 125 Å². The first-order valence-corrected chi connectivity index (χ1v) is 8.13. The molecular formula is C14H21Cl2NS. The van der Waals surface area contributed by atoms with Gasteiger partial charge in [-0.15, -0.1) is 0 Å². The first kappa shape index (κ1) is 16.2. The van der Waals surface area contributed by atoms with Crippen LogP contribution in [-0.2, 0) is 6.42 Å². The molecule has 102 valence electrons. The van der Waals surface area contributed by atoms with Crippen LogP contribution in [0.2, 0.25) is 10.0 Å². The lowest BCUT2D eigenvalue weighted by atomic mass is 10.1. The molecule has 0 fully saturated rings. The number of halogens is 2. The minimum atomic E-state index is 0.443. The number of rotatable bonds is 7. The molecule has 0 saturated carbocycles. The number of hydrogen-bond donors (Lipinski definition) is 1. The maximum absolute atomic E-state index is 6.23. The van der Waals surface area contributed by atoms with Crippen molar-refractivity contribution < 1.29 is 0 Å². The molecule has 0 bridgehead atoms. The highest BCUT2D eigenvalue weighted by atomic mass is 35.5. The van der Waals surface area contributed by atoms with Crippen LogP contribution in [-0.4, -0.2) is 23.6 Å². The molecule has 0 aromatic heterocycles. The molecule has 1 N–H and O–H groups in total. The average molecular weight is 306 g/mol. The van der Waals surface area contributed by atoms with Gasteiger partial charge in [-0.2, -0.15) is 11.8 Å². The van der Waals surface area contributed by atoms with Gasteiger partial charge in [0.15, 0.2) is 0 Å². The molecule has 1 nitrogen and oxygen atoms in total. The fourth-order valence-electron chi connectivity index (χ4n) is 1.76. The Bertz CT molecular complexity index is 369. The van der Waals surface area contributed by atoms with Gasteiger partial charge in [0.2, 0.25) is 0 Å². The maximum atomic E-state index is 6.23. The van der Waals surface area contributed by atoms with Gasteiger partial charge >= 0.3 is 0 Å². The highest BCUT2D eigenvalue weighted by Gasteiger charge is 2.13. The van der Waals surface area contributed by atoms with Crippen LogP contribution in [0, 0.1) is 0 Å². The van der Waals surface area contributed by atoms with E-state index in [1.54, 1.807) is 0 Å². The standard InChI is InChI=1S/C14H21Cl2NS/c1-4-17-12(9-18-10(2)3)8-11-6-5-7-13(15)14(11)16/h5-7,10,12,17H,4,8-9H2,1-3H3. The van der Waals surface area contributed by atoms with Crippen molar-refractivity contribution in [2.45, 2.75) is 38.5 Å². The van der Waals surface area contributed by atoms with E-state index in [9.17, 15) is 0 Å². The number of nitrogens with one attached hydrogen (secondary N) is 1. The molecule has 0 spiro atoms. The van der Waals surface area contributed by atoms with E-state index in [-0.39, 0.29) is 0 Å². The van der Waals surface area contributed by atoms with Crippen LogP contribution in [0.3, 0.4) is 0 Å². The maximum Gasteiger partial charge on any atom is 0.0624 e. The average Bonchev–Trinajstić information content (AvgIpc) is 2.32. The molecule has 1 aromatic carbocycles. The molecule has 1 unspecified atom stereocenters. The first-order chi connectivity index (χ1) is 8.54. The van der Waals surface area contributed by atoms with Crippen LogP contribution in [0.1, 0.15) is 26.3 Å². The zero-order chi connectivity index (χ0) is 13.5. The van der Waals surface area contributed by atoms with Gasteiger partial charge in [-0.05, 0) is 29.8 Å².